The van der Waals surface area contributed by atoms with Gasteiger partial charge >= 0.3 is 0 Å². The van der Waals surface area contributed by atoms with E-state index in [2.05, 4.69) is 4.98 Å². The standard InChI is InChI=1S/C9H9N3O2.2ClH/c10-3-5-12-8(13)6-2-1-4-11-7(6)9(12)14;;/h1-2,4H,3,5,10H2;2*1H. The van der Waals surface area contributed by atoms with E-state index in [4.69, 9.17) is 5.73 Å². The number of rotatable bonds is 2. The zero-order valence-corrected chi connectivity index (χ0v) is 9.88. The highest BCUT2D eigenvalue weighted by atomic mass is 35.5. The van der Waals surface area contributed by atoms with Crippen LogP contribution in [0.2, 0.25) is 0 Å². The topological polar surface area (TPSA) is 76.3 Å². The van der Waals surface area contributed by atoms with Gasteiger partial charge in [0.05, 0.1) is 5.56 Å². The van der Waals surface area contributed by atoms with E-state index in [0.717, 1.165) is 4.90 Å². The molecule has 1 aromatic heterocycles. The zero-order chi connectivity index (χ0) is 10.1. The summed E-state index contributed by atoms with van der Waals surface area (Å²) in [4.78, 5) is 28.2. The number of nitrogens with two attached hydrogens (primary N) is 1. The van der Waals surface area contributed by atoms with E-state index < -0.39 is 0 Å². The molecule has 0 saturated heterocycles. The molecule has 2 N–H and O–H groups in total. The number of halogens is 2. The van der Waals surface area contributed by atoms with Crippen LogP contribution in [0.5, 0.6) is 0 Å². The minimum absolute atomic E-state index is 0. The monoisotopic (exact) mass is 263 g/mol. The molecule has 88 valence electrons. The van der Waals surface area contributed by atoms with Gasteiger partial charge in [0.2, 0.25) is 0 Å². The highest BCUT2D eigenvalue weighted by Gasteiger charge is 2.35. The van der Waals surface area contributed by atoms with E-state index in [1.165, 1.54) is 6.20 Å². The summed E-state index contributed by atoms with van der Waals surface area (Å²) >= 11 is 0. The number of hydrogen-bond acceptors (Lipinski definition) is 4. The Kier molecular flexibility index (Phi) is 5.37. The third kappa shape index (κ3) is 2.16. The maximum atomic E-state index is 11.6. The van der Waals surface area contributed by atoms with Crippen molar-refractivity contribution in [1.29, 1.82) is 0 Å². The largest absolute Gasteiger partial charge is 0.329 e. The van der Waals surface area contributed by atoms with Crippen molar-refractivity contribution in [2.45, 2.75) is 0 Å². The summed E-state index contributed by atoms with van der Waals surface area (Å²) < 4.78 is 0. The molecule has 2 amide bonds. The zero-order valence-electron chi connectivity index (χ0n) is 8.25. The van der Waals surface area contributed by atoms with Gasteiger partial charge in [0.1, 0.15) is 5.69 Å². The second-order valence-electron chi connectivity index (χ2n) is 2.95. The Balaban J connectivity index is 0.00000112. The Morgan fingerprint density at radius 2 is 1.94 bits per heavy atom. The summed E-state index contributed by atoms with van der Waals surface area (Å²) in [5, 5.41) is 0. The molecule has 0 spiro atoms. The van der Waals surface area contributed by atoms with Crippen LogP contribution >= 0.6 is 24.8 Å². The van der Waals surface area contributed by atoms with E-state index >= 15 is 0 Å². The van der Waals surface area contributed by atoms with Crippen LogP contribution in [-0.4, -0.2) is 34.8 Å². The summed E-state index contributed by atoms with van der Waals surface area (Å²) in [7, 11) is 0. The van der Waals surface area contributed by atoms with Crippen LogP contribution in [0.25, 0.3) is 0 Å². The Morgan fingerprint density at radius 1 is 1.25 bits per heavy atom. The van der Waals surface area contributed by atoms with E-state index in [-0.39, 0.29) is 55.4 Å². The first-order valence-electron chi connectivity index (χ1n) is 4.27. The van der Waals surface area contributed by atoms with Crippen molar-refractivity contribution in [3.05, 3.63) is 29.6 Å². The van der Waals surface area contributed by atoms with Gasteiger partial charge in [0.25, 0.3) is 11.8 Å². The highest BCUT2D eigenvalue weighted by molar-refractivity contribution is 6.20. The molecule has 7 heteroatoms. The van der Waals surface area contributed by atoms with Gasteiger partial charge in [-0.15, -0.1) is 24.8 Å². The average molecular weight is 264 g/mol. The van der Waals surface area contributed by atoms with Gasteiger partial charge in [-0.2, -0.15) is 0 Å². The van der Waals surface area contributed by atoms with Gasteiger partial charge in [-0.05, 0) is 12.1 Å². The number of fused-ring (bicyclic) bond motifs is 1. The molecule has 5 nitrogen and oxygen atoms in total. The lowest BCUT2D eigenvalue weighted by molar-refractivity contribution is 0.0657. The Bertz CT molecular complexity index is 376. The SMILES string of the molecule is Cl.Cl.NCCN1C(=O)c2cccnc2C1=O. The number of amides is 2. The average Bonchev–Trinajstić information content (AvgIpc) is 2.45. The summed E-state index contributed by atoms with van der Waals surface area (Å²) in [6.45, 7) is 0.513. The first kappa shape index (κ1) is 14.8. The second-order valence-corrected chi connectivity index (χ2v) is 2.95. The smallest absolute Gasteiger partial charge is 0.280 e. The normalized spacial score (nSPS) is 12.9. The quantitative estimate of drug-likeness (QED) is 0.788. The van der Waals surface area contributed by atoms with Gasteiger partial charge in [-0.3, -0.25) is 19.5 Å². The molecule has 0 fully saturated rings. The molecule has 0 saturated carbocycles. The lowest BCUT2D eigenvalue weighted by Gasteiger charge is -2.10. The van der Waals surface area contributed by atoms with Gasteiger partial charge in [-0.25, -0.2) is 0 Å². The molecule has 1 aromatic rings. The molecule has 0 atom stereocenters. The number of carbonyl (C=O) groups is 2. The number of hydrogen-bond donors (Lipinski definition) is 1. The van der Waals surface area contributed by atoms with Crippen molar-refractivity contribution < 1.29 is 9.59 Å². The van der Waals surface area contributed by atoms with Crippen LogP contribution in [0.3, 0.4) is 0 Å². The number of imide groups is 1. The molecular weight excluding hydrogens is 253 g/mol. The molecule has 2 rings (SSSR count). The van der Waals surface area contributed by atoms with Gasteiger partial charge in [-0.1, -0.05) is 0 Å². The third-order valence-corrected chi connectivity index (χ3v) is 2.08. The molecule has 0 bridgehead atoms. The lowest BCUT2D eigenvalue weighted by Crippen LogP contribution is -2.34. The van der Waals surface area contributed by atoms with Crippen LogP contribution < -0.4 is 5.73 Å². The van der Waals surface area contributed by atoms with Crippen molar-refractivity contribution in [3.63, 3.8) is 0 Å². The Morgan fingerprint density at radius 3 is 2.50 bits per heavy atom. The summed E-state index contributed by atoms with van der Waals surface area (Å²) in [6.07, 6.45) is 1.50. The van der Waals surface area contributed by atoms with Gasteiger partial charge in [0.15, 0.2) is 0 Å². The molecule has 1 aliphatic heterocycles. The van der Waals surface area contributed by atoms with Crippen LogP contribution in [0.15, 0.2) is 18.3 Å². The van der Waals surface area contributed by atoms with Crippen molar-refractivity contribution in [3.8, 4) is 0 Å². The molecular formula is C9H11Cl2N3O2. The van der Waals surface area contributed by atoms with Crippen molar-refractivity contribution in [2.24, 2.45) is 5.73 Å². The van der Waals surface area contributed by atoms with Crippen LogP contribution in [-0.2, 0) is 0 Å². The van der Waals surface area contributed by atoms with Crippen LogP contribution in [0, 0.1) is 0 Å². The first-order chi connectivity index (χ1) is 6.75. The van der Waals surface area contributed by atoms with Crippen LogP contribution in [0.1, 0.15) is 20.8 Å². The van der Waals surface area contributed by atoms with Gasteiger partial charge in [0, 0.05) is 19.3 Å². The molecule has 16 heavy (non-hydrogen) atoms. The predicted molar refractivity (Wildman–Crippen MR) is 63.2 cm³/mol. The summed E-state index contributed by atoms with van der Waals surface area (Å²) in [6, 6.07) is 3.23. The molecule has 2 heterocycles. The number of aromatic nitrogens is 1. The molecule has 0 aromatic carbocycles. The summed E-state index contributed by atoms with van der Waals surface area (Å²) in [5.41, 5.74) is 5.90. The fraction of sp³-hybridized carbons (Fsp3) is 0.222. The number of pyridine rings is 1. The van der Waals surface area contributed by atoms with E-state index in [0.29, 0.717) is 5.56 Å². The van der Waals surface area contributed by atoms with Crippen molar-refractivity contribution >= 4 is 36.6 Å². The fourth-order valence-electron chi connectivity index (χ4n) is 1.45. The number of nitrogens with zero attached hydrogens (tertiary/aromatic N) is 2. The van der Waals surface area contributed by atoms with E-state index in [9.17, 15) is 9.59 Å². The highest BCUT2D eigenvalue weighted by Crippen LogP contribution is 2.19. The second kappa shape index (κ2) is 5.79. The molecule has 0 aliphatic carbocycles. The summed E-state index contributed by atoms with van der Waals surface area (Å²) in [5.74, 6) is -0.653. The minimum Gasteiger partial charge on any atom is -0.329 e. The fourth-order valence-corrected chi connectivity index (χ4v) is 1.45. The van der Waals surface area contributed by atoms with Crippen molar-refractivity contribution in [2.75, 3.05) is 13.1 Å². The number of carbonyl (C=O) groups excluding carboxylic acids is 2. The van der Waals surface area contributed by atoms with Crippen LogP contribution in [0.4, 0.5) is 0 Å². The maximum Gasteiger partial charge on any atom is 0.280 e. The molecule has 0 radical (unpaired) electrons. The molecule has 1 aliphatic rings. The van der Waals surface area contributed by atoms with E-state index in [1.54, 1.807) is 12.1 Å². The first-order valence-corrected chi connectivity index (χ1v) is 4.27. The lowest BCUT2D eigenvalue weighted by atomic mass is 10.2. The third-order valence-electron chi connectivity index (χ3n) is 2.08. The Hall–Kier alpha value is -1.17. The molecule has 0 unspecified atom stereocenters. The predicted octanol–water partition coefficient (Wildman–Crippen LogP) is 0.480. The van der Waals surface area contributed by atoms with E-state index in [1.807, 2.05) is 0 Å². The minimum atomic E-state index is -0.351. The van der Waals surface area contributed by atoms with Crippen molar-refractivity contribution in [1.82, 2.24) is 9.88 Å². The Labute approximate surface area is 105 Å². The maximum absolute atomic E-state index is 11.6. The van der Waals surface area contributed by atoms with Gasteiger partial charge < -0.3 is 5.73 Å².